The second kappa shape index (κ2) is 10.3. The SMILES string of the molecule is CCc1cn2c(C(OC(C)=O)c3ccccc3-c3ccc(-c4ccccc4)c(C(=O)O)c3)ccc(C)c2n1. The highest BCUT2D eigenvalue weighted by molar-refractivity contribution is 5.97. The summed E-state index contributed by atoms with van der Waals surface area (Å²) in [5.41, 5.74) is 7.47. The van der Waals surface area contributed by atoms with Crippen LogP contribution in [0, 0.1) is 6.92 Å². The Hall–Kier alpha value is -4.71. The van der Waals surface area contributed by atoms with Gasteiger partial charge in [0.15, 0.2) is 6.10 Å². The predicted octanol–water partition coefficient (Wildman–Crippen LogP) is 6.89. The molecule has 0 aliphatic heterocycles. The molecule has 190 valence electrons. The fourth-order valence-corrected chi connectivity index (χ4v) is 4.85. The van der Waals surface area contributed by atoms with Gasteiger partial charge in [0.25, 0.3) is 0 Å². The molecule has 6 heteroatoms. The van der Waals surface area contributed by atoms with Crippen LogP contribution >= 0.6 is 0 Å². The predicted molar refractivity (Wildman–Crippen MR) is 147 cm³/mol. The minimum Gasteiger partial charge on any atom is -0.478 e. The molecule has 0 radical (unpaired) electrons. The Bertz CT molecular complexity index is 1650. The van der Waals surface area contributed by atoms with Gasteiger partial charge in [-0.25, -0.2) is 9.78 Å². The molecule has 0 bridgehead atoms. The number of ether oxygens (including phenoxy) is 1. The molecule has 0 fully saturated rings. The number of esters is 1. The molecular formula is C32H28N2O4. The number of pyridine rings is 1. The molecule has 5 rings (SSSR count). The summed E-state index contributed by atoms with van der Waals surface area (Å²) in [5, 5.41) is 10.1. The van der Waals surface area contributed by atoms with Crippen molar-refractivity contribution in [3.05, 3.63) is 119 Å². The zero-order valence-corrected chi connectivity index (χ0v) is 21.5. The van der Waals surface area contributed by atoms with Gasteiger partial charge in [-0.05, 0) is 53.3 Å². The summed E-state index contributed by atoms with van der Waals surface area (Å²) in [6, 6.07) is 26.4. The van der Waals surface area contributed by atoms with Crippen molar-refractivity contribution in [2.45, 2.75) is 33.3 Å². The van der Waals surface area contributed by atoms with Crippen LogP contribution in [0.4, 0.5) is 0 Å². The Kier molecular flexibility index (Phi) is 6.79. The lowest BCUT2D eigenvalue weighted by Gasteiger charge is -2.23. The van der Waals surface area contributed by atoms with Gasteiger partial charge in [-0.3, -0.25) is 9.20 Å². The quantitative estimate of drug-likeness (QED) is 0.244. The second-order valence-corrected chi connectivity index (χ2v) is 9.23. The van der Waals surface area contributed by atoms with Gasteiger partial charge >= 0.3 is 11.9 Å². The van der Waals surface area contributed by atoms with E-state index >= 15 is 0 Å². The van der Waals surface area contributed by atoms with Gasteiger partial charge in [0.2, 0.25) is 0 Å². The molecule has 1 unspecified atom stereocenters. The summed E-state index contributed by atoms with van der Waals surface area (Å²) in [6.07, 6.45) is 2.03. The molecule has 3 aromatic carbocycles. The highest BCUT2D eigenvalue weighted by Crippen LogP contribution is 2.37. The minimum atomic E-state index is -1.01. The van der Waals surface area contributed by atoms with Crippen LogP contribution in [0.1, 0.15) is 52.8 Å². The summed E-state index contributed by atoms with van der Waals surface area (Å²) in [4.78, 5) is 29.4. The van der Waals surface area contributed by atoms with Crippen molar-refractivity contribution in [1.29, 1.82) is 0 Å². The molecule has 0 aliphatic carbocycles. The van der Waals surface area contributed by atoms with Crippen molar-refractivity contribution in [2.24, 2.45) is 0 Å². The third-order valence-electron chi connectivity index (χ3n) is 6.69. The first-order valence-corrected chi connectivity index (χ1v) is 12.5. The van der Waals surface area contributed by atoms with Crippen LogP contribution in [-0.4, -0.2) is 26.4 Å². The molecule has 0 saturated heterocycles. The van der Waals surface area contributed by atoms with E-state index in [9.17, 15) is 14.7 Å². The molecule has 38 heavy (non-hydrogen) atoms. The second-order valence-electron chi connectivity index (χ2n) is 9.23. The smallest absolute Gasteiger partial charge is 0.336 e. The van der Waals surface area contributed by atoms with Crippen molar-refractivity contribution in [2.75, 3.05) is 0 Å². The molecule has 2 aromatic heterocycles. The fourth-order valence-electron chi connectivity index (χ4n) is 4.85. The van der Waals surface area contributed by atoms with Crippen LogP contribution in [0.25, 0.3) is 27.9 Å². The first-order valence-electron chi connectivity index (χ1n) is 12.5. The highest BCUT2D eigenvalue weighted by Gasteiger charge is 2.25. The lowest BCUT2D eigenvalue weighted by molar-refractivity contribution is -0.144. The standard InChI is InChI=1S/C32H28N2O4/c1-4-24-19-34-29(17-14-20(2)31(34)33-24)30(38-21(3)35)27-13-9-8-12-25(27)23-15-16-26(28(18-23)32(36)37)22-10-6-5-7-11-22/h5-19,30H,4H2,1-3H3,(H,36,37). The van der Waals surface area contributed by atoms with Crippen molar-refractivity contribution in [3.63, 3.8) is 0 Å². The van der Waals surface area contributed by atoms with E-state index in [1.54, 1.807) is 6.07 Å². The Morgan fingerprint density at radius 1 is 0.921 bits per heavy atom. The van der Waals surface area contributed by atoms with Crippen LogP contribution in [-0.2, 0) is 16.0 Å². The number of hydrogen-bond acceptors (Lipinski definition) is 4. The van der Waals surface area contributed by atoms with Gasteiger partial charge < -0.3 is 9.84 Å². The Morgan fingerprint density at radius 3 is 2.37 bits per heavy atom. The zero-order chi connectivity index (χ0) is 26.8. The number of aryl methyl sites for hydroxylation is 2. The van der Waals surface area contributed by atoms with E-state index in [1.165, 1.54) is 6.92 Å². The van der Waals surface area contributed by atoms with Gasteiger partial charge in [-0.15, -0.1) is 0 Å². The lowest BCUT2D eigenvalue weighted by Crippen LogP contribution is -2.15. The Morgan fingerprint density at radius 2 is 1.66 bits per heavy atom. The number of fused-ring (bicyclic) bond motifs is 1. The summed E-state index contributed by atoms with van der Waals surface area (Å²) in [5.74, 6) is -1.43. The number of imidazole rings is 1. The Balaban J connectivity index is 1.70. The monoisotopic (exact) mass is 504 g/mol. The van der Waals surface area contributed by atoms with Crippen LogP contribution < -0.4 is 0 Å². The van der Waals surface area contributed by atoms with Gasteiger partial charge in [-0.1, -0.05) is 79.7 Å². The number of carbonyl (C=O) groups excluding carboxylic acids is 1. The minimum absolute atomic E-state index is 0.201. The molecule has 6 nitrogen and oxygen atoms in total. The van der Waals surface area contributed by atoms with Crippen molar-refractivity contribution in [3.8, 4) is 22.3 Å². The number of carboxylic acids is 1. The topological polar surface area (TPSA) is 80.9 Å². The zero-order valence-electron chi connectivity index (χ0n) is 21.5. The molecule has 0 amide bonds. The molecule has 1 N–H and O–H groups in total. The molecule has 2 heterocycles. The number of carboxylic acid groups (broad SMARTS) is 1. The van der Waals surface area contributed by atoms with E-state index in [4.69, 9.17) is 9.72 Å². The summed E-state index contributed by atoms with van der Waals surface area (Å²) in [6.45, 7) is 5.44. The van der Waals surface area contributed by atoms with E-state index in [2.05, 4.69) is 6.92 Å². The molecule has 0 saturated carbocycles. The van der Waals surface area contributed by atoms with E-state index in [0.29, 0.717) is 5.56 Å². The first kappa shape index (κ1) is 25.0. The average Bonchev–Trinajstić information content (AvgIpc) is 3.38. The maximum atomic E-state index is 12.3. The van der Waals surface area contributed by atoms with E-state index in [0.717, 1.165) is 51.3 Å². The molecule has 5 aromatic rings. The van der Waals surface area contributed by atoms with Crippen molar-refractivity contribution >= 4 is 17.6 Å². The third kappa shape index (κ3) is 4.68. The van der Waals surface area contributed by atoms with Gasteiger partial charge in [0.05, 0.1) is 17.0 Å². The molecule has 0 aliphatic rings. The molecule has 1 atom stereocenters. The van der Waals surface area contributed by atoms with Crippen molar-refractivity contribution < 1.29 is 19.4 Å². The highest BCUT2D eigenvalue weighted by atomic mass is 16.5. The number of nitrogens with zero attached hydrogens (tertiary/aromatic N) is 2. The van der Waals surface area contributed by atoms with E-state index < -0.39 is 18.0 Å². The number of aromatic nitrogens is 2. The number of hydrogen-bond donors (Lipinski definition) is 1. The number of rotatable bonds is 7. The Labute approximate surface area is 221 Å². The van der Waals surface area contributed by atoms with E-state index in [1.807, 2.05) is 96.4 Å². The normalized spacial score (nSPS) is 11.9. The molecular weight excluding hydrogens is 476 g/mol. The number of carbonyl (C=O) groups is 2. The largest absolute Gasteiger partial charge is 0.478 e. The first-order chi connectivity index (χ1) is 18.4. The summed E-state index contributed by atoms with van der Waals surface area (Å²) >= 11 is 0. The number of aromatic carboxylic acids is 1. The maximum absolute atomic E-state index is 12.3. The maximum Gasteiger partial charge on any atom is 0.336 e. The average molecular weight is 505 g/mol. The van der Waals surface area contributed by atoms with Gasteiger partial charge in [-0.2, -0.15) is 0 Å². The van der Waals surface area contributed by atoms with Crippen LogP contribution in [0.5, 0.6) is 0 Å². The van der Waals surface area contributed by atoms with E-state index in [-0.39, 0.29) is 5.56 Å². The fraction of sp³-hybridized carbons (Fsp3) is 0.156. The van der Waals surface area contributed by atoms with Crippen LogP contribution in [0.3, 0.4) is 0 Å². The lowest BCUT2D eigenvalue weighted by atomic mass is 9.90. The third-order valence-corrected chi connectivity index (χ3v) is 6.69. The van der Waals surface area contributed by atoms with Gasteiger partial charge in [0.1, 0.15) is 5.65 Å². The van der Waals surface area contributed by atoms with Crippen molar-refractivity contribution in [1.82, 2.24) is 9.38 Å². The summed E-state index contributed by atoms with van der Waals surface area (Å²) in [7, 11) is 0. The number of benzene rings is 3. The van der Waals surface area contributed by atoms with Crippen LogP contribution in [0.2, 0.25) is 0 Å². The van der Waals surface area contributed by atoms with Crippen LogP contribution in [0.15, 0.2) is 91.1 Å². The molecule has 0 spiro atoms. The van der Waals surface area contributed by atoms with Gasteiger partial charge in [0, 0.05) is 18.7 Å². The summed E-state index contributed by atoms with van der Waals surface area (Å²) < 4.78 is 7.93.